The van der Waals surface area contributed by atoms with E-state index < -0.39 is 0 Å². The smallest absolute Gasteiger partial charge is 0.262 e. The van der Waals surface area contributed by atoms with Crippen molar-refractivity contribution in [3.8, 4) is 0 Å². The second kappa shape index (κ2) is 6.64. The third-order valence-electron chi connectivity index (χ3n) is 4.71. The molecule has 3 aromatic rings. The van der Waals surface area contributed by atoms with Crippen LogP contribution in [0.2, 0.25) is 0 Å². The number of thiophene rings is 1. The molecule has 0 spiro atoms. The molecule has 1 N–H and O–H groups in total. The largest absolute Gasteiger partial charge is 0.324 e. The molecule has 0 unspecified atom stereocenters. The fraction of sp³-hybridized carbons (Fsp3) is 0.316. The molecule has 0 bridgehead atoms. The first-order valence-electron chi connectivity index (χ1n) is 8.58. The van der Waals surface area contributed by atoms with Crippen LogP contribution in [-0.4, -0.2) is 15.5 Å². The zero-order chi connectivity index (χ0) is 18.3. The molecule has 0 radical (unpaired) electrons. The molecule has 2 heterocycles. The molecule has 0 atom stereocenters. The summed E-state index contributed by atoms with van der Waals surface area (Å²) in [5.41, 5.74) is 1.80. The number of aryl methyl sites for hydroxylation is 3. The Morgan fingerprint density at radius 2 is 2.15 bits per heavy atom. The Bertz CT molecular complexity index is 1070. The van der Waals surface area contributed by atoms with Gasteiger partial charge in [0.2, 0.25) is 5.91 Å². The first-order valence-corrected chi connectivity index (χ1v) is 9.40. The number of hydrogen-bond donors (Lipinski definition) is 1. The zero-order valence-electron chi connectivity index (χ0n) is 14.3. The fourth-order valence-electron chi connectivity index (χ4n) is 3.32. The number of amides is 1. The number of anilines is 1. The minimum atomic E-state index is -0.388. The van der Waals surface area contributed by atoms with Crippen LogP contribution in [0.4, 0.5) is 10.1 Å². The van der Waals surface area contributed by atoms with E-state index in [1.165, 1.54) is 21.8 Å². The van der Waals surface area contributed by atoms with E-state index >= 15 is 0 Å². The number of halogens is 1. The van der Waals surface area contributed by atoms with E-state index in [2.05, 4.69) is 10.3 Å². The van der Waals surface area contributed by atoms with Gasteiger partial charge in [0.05, 0.1) is 11.7 Å². The van der Waals surface area contributed by atoms with Crippen molar-refractivity contribution in [2.24, 2.45) is 0 Å². The maximum Gasteiger partial charge on any atom is 0.262 e. The molecule has 26 heavy (non-hydrogen) atoms. The Morgan fingerprint density at radius 1 is 1.35 bits per heavy atom. The Morgan fingerprint density at radius 3 is 2.96 bits per heavy atom. The summed E-state index contributed by atoms with van der Waals surface area (Å²) in [6.07, 6.45) is 5.53. The van der Waals surface area contributed by atoms with Crippen LogP contribution in [-0.2, 0) is 24.2 Å². The quantitative estimate of drug-likeness (QED) is 0.767. The van der Waals surface area contributed by atoms with Gasteiger partial charge in [-0.1, -0.05) is 6.07 Å². The van der Waals surface area contributed by atoms with Gasteiger partial charge in [0.1, 0.15) is 17.2 Å². The molecule has 0 aliphatic heterocycles. The molecule has 7 heteroatoms. The molecule has 134 valence electrons. The van der Waals surface area contributed by atoms with Crippen molar-refractivity contribution in [1.29, 1.82) is 0 Å². The standard InChI is InChI=1S/C19H18FN3O2S/c1-11-6-7-12(8-14(11)20)22-16(24)9-23-10-21-18-17(19(23)25)13-4-2-3-5-15(13)26-18/h6-8,10H,2-5,9H2,1H3,(H,22,24). The van der Waals surface area contributed by atoms with Crippen molar-refractivity contribution >= 4 is 33.1 Å². The van der Waals surface area contributed by atoms with Gasteiger partial charge in [0.15, 0.2) is 0 Å². The number of rotatable bonds is 3. The number of hydrogen-bond acceptors (Lipinski definition) is 4. The first-order chi connectivity index (χ1) is 12.5. The second-order valence-corrected chi connectivity index (χ2v) is 7.66. The van der Waals surface area contributed by atoms with Gasteiger partial charge >= 0.3 is 0 Å². The average Bonchev–Trinajstić information content (AvgIpc) is 3.00. The van der Waals surface area contributed by atoms with E-state index in [-0.39, 0.29) is 23.8 Å². The third-order valence-corrected chi connectivity index (χ3v) is 5.91. The van der Waals surface area contributed by atoms with Gasteiger partial charge in [-0.15, -0.1) is 11.3 Å². The second-order valence-electron chi connectivity index (χ2n) is 6.58. The summed E-state index contributed by atoms with van der Waals surface area (Å²) in [7, 11) is 0. The van der Waals surface area contributed by atoms with Crippen molar-refractivity contribution in [2.75, 3.05) is 5.32 Å². The van der Waals surface area contributed by atoms with E-state index in [1.807, 2.05) is 0 Å². The number of nitrogens with zero attached hydrogens (tertiary/aromatic N) is 2. The topological polar surface area (TPSA) is 64.0 Å². The molecule has 4 rings (SSSR count). The van der Waals surface area contributed by atoms with Crippen LogP contribution in [0.15, 0.2) is 29.3 Å². The van der Waals surface area contributed by atoms with Crippen LogP contribution in [0, 0.1) is 12.7 Å². The van der Waals surface area contributed by atoms with Crippen LogP contribution in [0.25, 0.3) is 10.2 Å². The van der Waals surface area contributed by atoms with Gasteiger partial charge < -0.3 is 5.32 Å². The Labute approximate surface area is 153 Å². The minimum absolute atomic E-state index is 0.151. The summed E-state index contributed by atoms with van der Waals surface area (Å²) in [6, 6.07) is 4.50. The van der Waals surface area contributed by atoms with Crippen molar-refractivity contribution in [2.45, 2.75) is 39.2 Å². The number of carbonyl (C=O) groups is 1. The molecule has 2 aromatic heterocycles. The lowest BCUT2D eigenvalue weighted by atomic mass is 9.97. The average molecular weight is 371 g/mol. The highest BCUT2D eigenvalue weighted by Gasteiger charge is 2.20. The van der Waals surface area contributed by atoms with Gasteiger partial charge in [0.25, 0.3) is 5.56 Å². The lowest BCUT2D eigenvalue weighted by molar-refractivity contribution is -0.116. The lowest BCUT2D eigenvalue weighted by Crippen LogP contribution is -2.28. The predicted octanol–water partition coefficient (Wildman–Crippen LogP) is 3.42. The van der Waals surface area contributed by atoms with E-state index in [1.54, 1.807) is 30.4 Å². The highest BCUT2D eigenvalue weighted by Crippen LogP contribution is 2.33. The maximum atomic E-state index is 13.6. The van der Waals surface area contributed by atoms with Crippen LogP contribution in [0.3, 0.4) is 0 Å². The van der Waals surface area contributed by atoms with Crippen LogP contribution >= 0.6 is 11.3 Å². The monoisotopic (exact) mass is 371 g/mol. The number of nitrogens with one attached hydrogen (secondary N) is 1. The molecule has 0 saturated carbocycles. The summed E-state index contributed by atoms with van der Waals surface area (Å²) >= 11 is 1.58. The molecule has 1 aliphatic carbocycles. The summed E-state index contributed by atoms with van der Waals surface area (Å²) in [6.45, 7) is 1.50. The van der Waals surface area contributed by atoms with Gasteiger partial charge in [-0.3, -0.25) is 14.2 Å². The van der Waals surface area contributed by atoms with E-state index in [9.17, 15) is 14.0 Å². The molecule has 1 amide bonds. The Kier molecular flexibility index (Phi) is 4.32. The lowest BCUT2D eigenvalue weighted by Gasteiger charge is -2.11. The normalized spacial score (nSPS) is 13.6. The molecular weight excluding hydrogens is 353 g/mol. The van der Waals surface area contributed by atoms with Crippen LogP contribution in [0.1, 0.15) is 28.8 Å². The van der Waals surface area contributed by atoms with Crippen molar-refractivity contribution in [3.63, 3.8) is 0 Å². The number of fused-ring (bicyclic) bond motifs is 3. The van der Waals surface area contributed by atoms with Crippen molar-refractivity contribution in [1.82, 2.24) is 9.55 Å². The summed E-state index contributed by atoms with van der Waals surface area (Å²) in [5, 5.41) is 3.28. The fourth-order valence-corrected chi connectivity index (χ4v) is 4.54. The number of benzene rings is 1. The van der Waals surface area contributed by atoms with Crippen LogP contribution in [0.5, 0.6) is 0 Å². The molecule has 0 saturated heterocycles. The Balaban J connectivity index is 1.60. The number of carbonyl (C=O) groups excluding carboxylic acids is 1. The van der Waals surface area contributed by atoms with Crippen molar-refractivity contribution in [3.05, 3.63) is 56.7 Å². The van der Waals surface area contributed by atoms with Gasteiger partial charge in [-0.05, 0) is 55.9 Å². The number of aromatic nitrogens is 2. The molecule has 5 nitrogen and oxygen atoms in total. The predicted molar refractivity (Wildman–Crippen MR) is 100 cm³/mol. The Hall–Kier alpha value is -2.54. The van der Waals surface area contributed by atoms with Gasteiger partial charge in [0, 0.05) is 10.6 Å². The molecular formula is C19H18FN3O2S. The van der Waals surface area contributed by atoms with E-state index in [0.29, 0.717) is 16.6 Å². The molecule has 0 fully saturated rings. The zero-order valence-corrected chi connectivity index (χ0v) is 15.2. The highest BCUT2D eigenvalue weighted by molar-refractivity contribution is 7.18. The summed E-state index contributed by atoms with van der Waals surface area (Å²) in [5.74, 6) is -0.770. The maximum absolute atomic E-state index is 13.6. The first kappa shape index (κ1) is 16.9. The van der Waals surface area contributed by atoms with Gasteiger partial charge in [-0.25, -0.2) is 9.37 Å². The summed E-state index contributed by atoms with van der Waals surface area (Å²) < 4.78 is 14.9. The molecule has 1 aliphatic rings. The minimum Gasteiger partial charge on any atom is -0.324 e. The van der Waals surface area contributed by atoms with E-state index in [4.69, 9.17) is 0 Å². The highest BCUT2D eigenvalue weighted by atomic mass is 32.1. The summed E-state index contributed by atoms with van der Waals surface area (Å²) in [4.78, 5) is 31.5. The SMILES string of the molecule is Cc1ccc(NC(=O)Cn2cnc3sc4c(c3c2=O)CCCC4)cc1F. The molecule has 1 aromatic carbocycles. The van der Waals surface area contributed by atoms with Crippen molar-refractivity contribution < 1.29 is 9.18 Å². The third kappa shape index (κ3) is 3.03. The van der Waals surface area contributed by atoms with E-state index in [0.717, 1.165) is 36.1 Å². The van der Waals surface area contributed by atoms with Gasteiger partial charge in [-0.2, -0.15) is 0 Å². The van der Waals surface area contributed by atoms with Crippen LogP contribution < -0.4 is 10.9 Å².